The summed E-state index contributed by atoms with van der Waals surface area (Å²) in [4.78, 5) is 12.5. The predicted octanol–water partition coefficient (Wildman–Crippen LogP) is 1.69. The summed E-state index contributed by atoms with van der Waals surface area (Å²) in [5, 5.41) is 17.5. The van der Waals surface area contributed by atoms with Gasteiger partial charge in [-0.25, -0.2) is 0 Å². The minimum Gasteiger partial charge on any atom is -0.386 e. The van der Waals surface area contributed by atoms with Crippen LogP contribution in [0.1, 0.15) is 16.5 Å². The van der Waals surface area contributed by atoms with Gasteiger partial charge in [0.2, 0.25) is 5.91 Å². The predicted molar refractivity (Wildman–Crippen MR) is 80.4 cm³/mol. The Morgan fingerprint density at radius 1 is 1.20 bits per heavy atom. The number of hydrogen-bond acceptors (Lipinski definition) is 4. The molecule has 2 aromatic rings. The summed E-state index contributed by atoms with van der Waals surface area (Å²) in [7, 11) is 0. The van der Waals surface area contributed by atoms with E-state index in [9.17, 15) is 9.90 Å². The molecule has 1 amide bonds. The summed E-state index contributed by atoms with van der Waals surface area (Å²) in [6.45, 7) is 1.10. The second kappa shape index (κ2) is 7.79. The van der Waals surface area contributed by atoms with Gasteiger partial charge in [-0.2, -0.15) is 0 Å². The number of aliphatic hydroxyl groups is 1. The first kappa shape index (κ1) is 14.7. The number of amides is 1. The molecule has 4 nitrogen and oxygen atoms in total. The maximum Gasteiger partial charge on any atom is 0.234 e. The summed E-state index contributed by atoms with van der Waals surface area (Å²) < 4.78 is 0. The van der Waals surface area contributed by atoms with E-state index in [2.05, 4.69) is 10.6 Å². The van der Waals surface area contributed by atoms with Crippen LogP contribution in [0.5, 0.6) is 0 Å². The molecule has 106 valence electrons. The van der Waals surface area contributed by atoms with Crippen molar-refractivity contribution in [1.82, 2.24) is 10.6 Å². The van der Waals surface area contributed by atoms with E-state index in [1.807, 2.05) is 47.8 Å². The fourth-order valence-corrected chi connectivity index (χ4v) is 2.47. The molecule has 1 aromatic heterocycles. The van der Waals surface area contributed by atoms with Crippen LogP contribution < -0.4 is 10.6 Å². The van der Waals surface area contributed by atoms with Crippen LogP contribution in [0.2, 0.25) is 0 Å². The van der Waals surface area contributed by atoms with Crippen LogP contribution in [-0.2, 0) is 11.3 Å². The first-order valence-electron chi connectivity index (χ1n) is 6.48. The van der Waals surface area contributed by atoms with Gasteiger partial charge in [-0.3, -0.25) is 4.79 Å². The highest BCUT2D eigenvalue weighted by molar-refractivity contribution is 7.10. The van der Waals surface area contributed by atoms with Gasteiger partial charge in [-0.15, -0.1) is 11.3 Å². The third kappa shape index (κ3) is 4.77. The van der Waals surface area contributed by atoms with Crippen LogP contribution in [0.3, 0.4) is 0 Å². The first-order valence-corrected chi connectivity index (χ1v) is 7.36. The van der Waals surface area contributed by atoms with Gasteiger partial charge in [0.1, 0.15) is 6.10 Å². The Bertz CT molecular complexity index is 514. The van der Waals surface area contributed by atoms with E-state index in [0.717, 1.165) is 10.4 Å². The Morgan fingerprint density at radius 2 is 2.00 bits per heavy atom. The molecule has 0 aliphatic heterocycles. The number of carbonyl (C=O) groups is 1. The molecule has 0 fully saturated rings. The number of hydrogen-bond donors (Lipinski definition) is 3. The number of rotatable bonds is 7. The van der Waals surface area contributed by atoms with E-state index >= 15 is 0 Å². The molecule has 0 saturated heterocycles. The van der Waals surface area contributed by atoms with E-state index in [0.29, 0.717) is 13.1 Å². The monoisotopic (exact) mass is 290 g/mol. The Morgan fingerprint density at radius 3 is 2.70 bits per heavy atom. The third-order valence-corrected chi connectivity index (χ3v) is 3.80. The Hall–Kier alpha value is -1.69. The molecular formula is C15H18N2O2S. The van der Waals surface area contributed by atoms with Gasteiger partial charge >= 0.3 is 0 Å². The van der Waals surface area contributed by atoms with Crippen LogP contribution >= 0.6 is 11.3 Å². The first-order chi connectivity index (χ1) is 9.75. The van der Waals surface area contributed by atoms with E-state index in [-0.39, 0.29) is 12.5 Å². The topological polar surface area (TPSA) is 61.4 Å². The minimum atomic E-state index is -0.558. The Labute approximate surface area is 122 Å². The van der Waals surface area contributed by atoms with Crippen LogP contribution in [0.25, 0.3) is 0 Å². The highest BCUT2D eigenvalue weighted by Crippen LogP contribution is 2.17. The number of nitrogens with one attached hydrogen (secondary N) is 2. The highest BCUT2D eigenvalue weighted by Gasteiger charge is 2.08. The second-order valence-electron chi connectivity index (χ2n) is 4.42. The average molecular weight is 290 g/mol. The van der Waals surface area contributed by atoms with E-state index < -0.39 is 6.10 Å². The minimum absolute atomic E-state index is 0.0766. The fourth-order valence-electron chi connectivity index (χ4n) is 1.76. The van der Waals surface area contributed by atoms with Crippen LogP contribution in [0, 0.1) is 0 Å². The Kier molecular flexibility index (Phi) is 5.73. The maximum absolute atomic E-state index is 11.6. The normalized spacial score (nSPS) is 12.1. The number of carbonyl (C=O) groups excluding carboxylic acids is 1. The van der Waals surface area contributed by atoms with Crippen molar-refractivity contribution in [3.05, 3.63) is 58.3 Å². The molecule has 1 unspecified atom stereocenters. The van der Waals surface area contributed by atoms with Crippen molar-refractivity contribution in [3.8, 4) is 0 Å². The maximum atomic E-state index is 11.6. The molecule has 1 aromatic carbocycles. The molecule has 3 N–H and O–H groups in total. The summed E-state index contributed by atoms with van der Waals surface area (Å²) >= 11 is 1.51. The SMILES string of the molecule is O=C(CNCC(O)c1cccs1)NCc1ccccc1. The van der Waals surface area contributed by atoms with Gasteiger partial charge < -0.3 is 15.7 Å². The summed E-state index contributed by atoms with van der Waals surface area (Å²) in [6, 6.07) is 13.5. The van der Waals surface area contributed by atoms with Crippen molar-refractivity contribution in [2.75, 3.05) is 13.1 Å². The molecule has 0 bridgehead atoms. The summed E-state index contributed by atoms with van der Waals surface area (Å²) in [6.07, 6.45) is -0.558. The molecule has 1 heterocycles. The molecule has 0 radical (unpaired) electrons. The standard InChI is InChI=1S/C15H18N2O2S/c18-13(14-7-4-8-20-14)10-16-11-15(19)17-9-12-5-2-1-3-6-12/h1-8,13,16,18H,9-11H2,(H,17,19). The fraction of sp³-hybridized carbons (Fsp3) is 0.267. The molecule has 1 atom stereocenters. The zero-order valence-corrected chi connectivity index (χ0v) is 11.9. The average Bonchev–Trinajstić information content (AvgIpc) is 3.00. The van der Waals surface area contributed by atoms with E-state index in [4.69, 9.17) is 0 Å². The molecule has 0 saturated carbocycles. The molecule has 2 rings (SSSR count). The van der Waals surface area contributed by atoms with Crippen molar-refractivity contribution in [1.29, 1.82) is 0 Å². The lowest BCUT2D eigenvalue weighted by molar-refractivity contribution is -0.120. The van der Waals surface area contributed by atoms with Crippen LogP contribution in [0.15, 0.2) is 47.8 Å². The molecular weight excluding hydrogens is 272 g/mol. The quantitative estimate of drug-likeness (QED) is 0.727. The van der Waals surface area contributed by atoms with Crippen LogP contribution in [-0.4, -0.2) is 24.1 Å². The van der Waals surface area contributed by atoms with Gasteiger partial charge in [0.25, 0.3) is 0 Å². The zero-order valence-electron chi connectivity index (χ0n) is 11.1. The number of benzene rings is 1. The van der Waals surface area contributed by atoms with Crippen molar-refractivity contribution < 1.29 is 9.90 Å². The summed E-state index contributed by atoms with van der Waals surface area (Å²) in [5.41, 5.74) is 1.07. The number of aliphatic hydroxyl groups excluding tert-OH is 1. The Balaban J connectivity index is 1.63. The van der Waals surface area contributed by atoms with E-state index in [1.54, 1.807) is 0 Å². The van der Waals surface area contributed by atoms with Gasteiger partial charge in [0, 0.05) is 18.0 Å². The van der Waals surface area contributed by atoms with Gasteiger partial charge in [-0.1, -0.05) is 36.4 Å². The third-order valence-electron chi connectivity index (χ3n) is 2.83. The lowest BCUT2D eigenvalue weighted by atomic mass is 10.2. The molecule has 20 heavy (non-hydrogen) atoms. The van der Waals surface area contributed by atoms with Gasteiger partial charge in [0.15, 0.2) is 0 Å². The smallest absolute Gasteiger partial charge is 0.234 e. The lowest BCUT2D eigenvalue weighted by Gasteiger charge is -2.10. The van der Waals surface area contributed by atoms with Crippen molar-refractivity contribution in [2.45, 2.75) is 12.6 Å². The zero-order chi connectivity index (χ0) is 14.2. The van der Waals surface area contributed by atoms with Gasteiger partial charge in [0.05, 0.1) is 6.54 Å². The molecule has 0 aliphatic rings. The van der Waals surface area contributed by atoms with Gasteiger partial charge in [-0.05, 0) is 17.0 Å². The summed E-state index contributed by atoms with van der Waals surface area (Å²) in [5.74, 6) is -0.0766. The lowest BCUT2D eigenvalue weighted by Crippen LogP contribution is -2.35. The second-order valence-corrected chi connectivity index (χ2v) is 5.40. The van der Waals surface area contributed by atoms with E-state index in [1.165, 1.54) is 11.3 Å². The number of thiophene rings is 1. The van der Waals surface area contributed by atoms with Crippen molar-refractivity contribution in [2.24, 2.45) is 0 Å². The highest BCUT2D eigenvalue weighted by atomic mass is 32.1. The molecule has 0 spiro atoms. The van der Waals surface area contributed by atoms with Crippen molar-refractivity contribution >= 4 is 17.2 Å². The van der Waals surface area contributed by atoms with Crippen LogP contribution in [0.4, 0.5) is 0 Å². The molecule has 0 aliphatic carbocycles. The van der Waals surface area contributed by atoms with Crippen molar-refractivity contribution in [3.63, 3.8) is 0 Å². The largest absolute Gasteiger partial charge is 0.386 e. The molecule has 5 heteroatoms.